The van der Waals surface area contributed by atoms with Gasteiger partial charge in [0, 0.05) is 13.5 Å². The van der Waals surface area contributed by atoms with Crippen LogP contribution in [-0.2, 0) is 29.6 Å². The van der Waals surface area contributed by atoms with Crippen molar-refractivity contribution in [2.24, 2.45) is 7.05 Å². The van der Waals surface area contributed by atoms with E-state index in [2.05, 4.69) is 26.3 Å². The van der Waals surface area contributed by atoms with Crippen LogP contribution in [0, 0.1) is 0 Å². The number of hydrogen-bond donors (Lipinski definition) is 2. The molecule has 0 saturated heterocycles. The first kappa shape index (κ1) is 17.0. The van der Waals surface area contributed by atoms with Gasteiger partial charge >= 0.3 is 12.1 Å². The molecule has 1 atom stereocenters. The number of carboxylic acids is 1. The molecule has 122 valence electrons. The molecule has 2 aromatic rings. The zero-order valence-electron chi connectivity index (χ0n) is 12.4. The molecular weight excluding hydrogens is 366 g/mol. The predicted octanol–water partition coefficient (Wildman–Crippen LogP) is 2.10. The number of aromatic nitrogens is 2. The number of carbonyl (C=O) groups is 2. The van der Waals surface area contributed by atoms with Crippen LogP contribution in [0.3, 0.4) is 0 Å². The molecule has 8 heteroatoms. The van der Waals surface area contributed by atoms with Gasteiger partial charge in [-0.2, -0.15) is 5.10 Å². The molecular formula is C15H16BrN3O4. The van der Waals surface area contributed by atoms with Crippen LogP contribution in [0.4, 0.5) is 4.79 Å². The number of rotatable bonds is 6. The van der Waals surface area contributed by atoms with Crippen LogP contribution in [0.2, 0.25) is 0 Å². The summed E-state index contributed by atoms with van der Waals surface area (Å²) in [6, 6.07) is 8.04. The number of aliphatic carboxylic acids is 1. The number of halogens is 1. The molecule has 0 aliphatic carbocycles. The highest BCUT2D eigenvalue weighted by Gasteiger charge is 2.23. The Morgan fingerprint density at radius 2 is 2.09 bits per heavy atom. The van der Waals surface area contributed by atoms with Gasteiger partial charge in [-0.25, -0.2) is 9.59 Å². The van der Waals surface area contributed by atoms with Gasteiger partial charge in [-0.1, -0.05) is 30.3 Å². The quantitative estimate of drug-likeness (QED) is 0.798. The van der Waals surface area contributed by atoms with Crippen LogP contribution in [-0.4, -0.2) is 33.0 Å². The monoisotopic (exact) mass is 381 g/mol. The highest BCUT2D eigenvalue weighted by Crippen LogP contribution is 2.17. The zero-order chi connectivity index (χ0) is 16.8. The number of nitrogens with one attached hydrogen (secondary N) is 1. The zero-order valence-corrected chi connectivity index (χ0v) is 14.0. The number of ether oxygens (including phenoxy) is 1. The molecule has 23 heavy (non-hydrogen) atoms. The minimum absolute atomic E-state index is 0.0778. The fraction of sp³-hybridized carbons (Fsp3) is 0.267. The summed E-state index contributed by atoms with van der Waals surface area (Å²) in [5, 5.41) is 15.6. The van der Waals surface area contributed by atoms with Gasteiger partial charge in [-0.15, -0.1) is 0 Å². The normalized spacial score (nSPS) is 11.7. The van der Waals surface area contributed by atoms with Gasteiger partial charge in [0.1, 0.15) is 12.6 Å². The van der Waals surface area contributed by atoms with Gasteiger partial charge in [0.2, 0.25) is 0 Å². The maximum Gasteiger partial charge on any atom is 0.408 e. The molecule has 0 bridgehead atoms. The number of benzene rings is 1. The average Bonchev–Trinajstić information content (AvgIpc) is 2.85. The van der Waals surface area contributed by atoms with E-state index in [1.54, 1.807) is 17.9 Å². The minimum atomic E-state index is -1.14. The molecule has 1 heterocycles. The number of aryl methyl sites for hydroxylation is 1. The van der Waals surface area contributed by atoms with Gasteiger partial charge in [0.05, 0.1) is 16.4 Å². The lowest BCUT2D eigenvalue weighted by molar-refractivity contribution is -0.139. The van der Waals surface area contributed by atoms with Crippen LogP contribution in [0.15, 0.2) is 41.0 Å². The van der Waals surface area contributed by atoms with E-state index in [-0.39, 0.29) is 13.0 Å². The fourth-order valence-electron chi connectivity index (χ4n) is 1.97. The van der Waals surface area contributed by atoms with Crippen molar-refractivity contribution in [1.29, 1.82) is 0 Å². The van der Waals surface area contributed by atoms with E-state index in [0.29, 0.717) is 10.2 Å². The first-order valence-corrected chi connectivity index (χ1v) is 7.63. The smallest absolute Gasteiger partial charge is 0.408 e. The summed E-state index contributed by atoms with van der Waals surface area (Å²) >= 11 is 3.30. The topological polar surface area (TPSA) is 93.5 Å². The second-order valence-electron chi connectivity index (χ2n) is 4.86. The summed E-state index contributed by atoms with van der Waals surface area (Å²) in [5.41, 5.74) is 1.49. The standard InChI is InChI=1S/C15H16BrN3O4/c1-19-13(11(16)8-17-19)7-12(14(20)21)18-15(22)23-9-10-5-3-2-4-6-10/h2-6,8,12H,7,9H2,1H3,(H,18,22)(H,20,21). The van der Waals surface area contributed by atoms with E-state index in [4.69, 9.17) is 4.74 Å². The molecule has 0 saturated carbocycles. The lowest BCUT2D eigenvalue weighted by Gasteiger charge is -2.15. The Kier molecular flexibility index (Phi) is 5.75. The third kappa shape index (κ3) is 4.82. The Hall–Kier alpha value is -2.35. The predicted molar refractivity (Wildman–Crippen MR) is 85.8 cm³/mol. The number of carboxylic acid groups (broad SMARTS) is 1. The van der Waals surface area contributed by atoms with Crippen molar-refractivity contribution in [3.63, 3.8) is 0 Å². The highest BCUT2D eigenvalue weighted by molar-refractivity contribution is 9.10. The molecule has 0 spiro atoms. The Balaban J connectivity index is 1.94. The van der Waals surface area contributed by atoms with Gasteiger partial charge in [0.15, 0.2) is 0 Å². The van der Waals surface area contributed by atoms with Crippen LogP contribution >= 0.6 is 15.9 Å². The highest BCUT2D eigenvalue weighted by atomic mass is 79.9. The molecule has 0 aliphatic heterocycles. The second-order valence-corrected chi connectivity index (χ2v) is 5.72. The maximum atomic E-state index is 11.8. The van der Waals surface area contributed by atoms with Crippen molar-refractivity contribution in [3.05, 3.63) is 52.3 Å². The van der Waals surface area contributed by atoms with Gasteiger partial charge in [-0.3, -0.25) is 4.68 Å². The molecule has 0 fully saturated rings. The molecule has 1 amide bonds. The number of nitrogens with zero attached hydrogens (tertiary/aromatic N) is 2. The molecule has 1 unspecified atom stereocenters. The summed E-state index contributed by atoms with van der Waals surface area (Å²) in [6.45, 7) is 0.0778. The molecule has 0 radical (unpaired) electrons. The summed E-state index contributed by atoms with van der Waals surface area (Å²) in [5.74, 6) is -1.14. The summed E-state index contributed by atoms with van der Waals surface area (Å²) in [7, 11) is 1.70. The van der Waals surface area contributed by atoms with E-state index in [1.165, 1.54) is 0 Å². The third-order valence-electron chi connectivity index (χ3n) is 3.21. The lowest BCUT2D eigenvalue weighted by Crippen LogP contribution is -2.43. The van der Waals surface area contributed by atoms with Crippen molar-refractivity contribution in [2.75, 3.05) is 0 Å². The van der Waals surface area contributed by atoms with E-state index < -0.39 is 18.1 Å². The lowest BCUT2D eigenvalue weighted by atomic mass is 10.1. The van der Waals surface area contributed by atoms with Gasteiger partial charge < -0.3 is 15.2 Å². The Labute approximate surface area is 141 Å². The maximum absolute atomic E-state index is 11.8. The van der Waals surface area contributed by atoms with Crippen LogP contribution < -0.4 is 5.32 Å². The van der Waals surface area contributed by atoms with Crippen LogP contribution in [0.25, 0.3) is 0 Å². The first-order valence-electron chi connectivity index (χ1n) is 6.83. The Bertz CT molecular complexity index is 668. The van der Waals surface area contributed by atoms with Crippen LogP contribution in [0.5, 0.6) is 0 Å². The van der Waals surface area contributed by atoms with Crippen molar-refractivity contribution in [3.8, 4) is 0 Å². The Morgan fingerprint density at radius 3 is 2.65 bits per heavy atom. The van der Waals surface area contributed by atoms with E-state index in [9.17, 15) is 14.7 Å². The van der Waals surface area contributed by atoms with Gasteiger partial charge in [-0.05, 0) is 21.5 Å². The summed E-state index contributed by atoms with van der Waals surface area (Å²) < 4.78 is 7.28. The minimum Gasteiger partial charge on any atom is -0.480 e. The number of hydrogen-bond acceptors (Lipinski definition) is 4. The van der Waals surface area contributed by atoms with E-state index in [0.717, 1.165) is 5.56 Å². The SMILES string of the molecule is Cn1ncc(Br)c1CC(NC(=O)OCc1ccccc1)C(=O)O. The largest absolute Gasteiger partial charge is 0.480 e. The molecule has 2 N–H and O–H groups in total. The number of alkyl carbamates (subject to hydrolysis) is 1. The van der Waals surface area contributed by atoms with E-state index in [1.807, 2.05) is 30.3 Å². The van der Waals surface area contributed by atoms with Crippen molar-refractivity contribution in [1.82, 2.24) is 15.1 Å². The molecule has 1 aromatic carbocycles. The molecule has 7 nitrogen and oxygen atoms in total. The Morgan fingerprint density at radius 1 is 1.39 bits per heavy atom. The first-order chi connectivity index (χ1) is 11.0. The summed E-state index contributed by atoms with van der Waals surface area (Å²) in [4.78, 5) is 23.1. The van der Waals surface area contributed by atoms with Crippen molar-refractivity contribution < 1.29 is 19.4 Å². The van der Waals surface area contributed by atoms with Crippen molar-refractivity contribution >= 4 is 28.0 Å². The second kappa shape index (κ2) is 7.77. The summed E-state index contributed by atoms with van der Waals surface area (Å²) in [6.07, 6.45) is 0.883. The average molecular weight is 382 g/mol. The van der Waals surface area contributed by atoms with E-state index >= 15 is 0 Å². The molecule has 2 rings (SSSR count). The fourth-order valence-corrected chi connectivity index (χ4v) is 2.48. The van der Waals surface area contributed by atoms with Crippen LogP contribution in [0.1, 0.15) is 11.3 Å². The van der Waals surface area contributed by atoms with Gasteiger partial charge in [0.25, 0.3) is 0 Å². The van der Waals surface area contributed by atoms with Crippen molar-refractivity contribution in [2.45, 2.75) is 19.1 Å². The number of amides is 1. The third-order valence-corrected chi connectivity index (χ3v) is 3.87. The molecule has 0 aliphatic rings. The molecule has 1 aromatic heterocycles. The number of carbonyl (C=O) groups excluding carboxylic acids is 1.